The second kappa shape index (κ2) is 17.9. The van der Waals surface area contributed by atoms with Gasteiger partial charge in [0.05, 0.1) is 26.8 Å². The lowest BCUT2D eigenvalue weighted by Gasteiger charge is -2.37. The van der Waals surface area contributed by atoms with Crippen LogP contribution < -0.4 is 10.6 Å². The molecule has 0 aromatic heterocycles. The fourth-order valence-corrected chi connectivity index (χ4v) is 10.4. The molecule has 2 fully saturated rings. The second-order valence-corrected chi connectivity index (χ2v) is 17.1. The fourth-order valence-electron chi connectivity index (χ4n) is 7.83. The van der Waals surface area contributed by atoms with Gasteiger partial charge in [-0.2, -0.15) is 0 Å². The summed E-state index contributed by atoms with van der Waals surface area (Å²) in [6, 6.07) is 45.5. The van der Waals surface area contributed by atoms with Gasteiger partial charge < -0.3 is 10.2 Å². The first-order chi connectivity index (χ1) is 29.6. The number of rotatable bonds is 12. The number of benzene rings is 6. The van der Waals surface area contributed by atoms with Crippen molar-refractivity contribution in [1.29, 1.82) is 0 Å². The van der Waals surface area contributed by atoms with Gasteiger partial charge in [-0.1, -0.05) is 121 Å². The first kappa shape index (κ1) is 41.1. The molecule has 6 aromatic rings. The summed E-state index contributed by atoms with van der Waals surface area (Å²) in [4.78, 5) is 67.9. The van der Waals surface area contributed by atoms with Gasteiger partial charge in [0.25, 0.3) is 23.0 Å². The number of hydrogen-bond acceptors (Lipinski definition) is 7. The summed E-state index contributed by atoms with van der Waals surface area (Å²) >= 11 is 2.52. The summed E-state index contributed by atoms with van der Waals surface area (Å²) in [5.74, 6) is -3.96. The lowest BCUT2D eigenvalue weighted by atomic mass is 9.84. The van der Waals surface area contributed by atoms with Crippen LogP contribution >= 0.6 is 23.5 Å². The number of thioether (sulfide) groups is 2. The van der Waals surface area contributed by atoms with Crippen molar-refractivity contribution in [2.45, 2.75) is 22.5 Å². The average molecular weight is 850 g/mol. The van der Waals surface area contributed by atoms with E-state index in [1.165, 1.54) is 12.1 Å². The number of halogens is 2. The largest absolute Gasteiger partial charge is 0.350 e. The lowest BCUT2D eigenvalue weighted by Crippen LogP contribution is -2.43. The van der Waals surface area contributed by atoms with Crippen LogP contribution in [0.3, 0.4) is 0 Å². The number of hydrogen-bond donors (Lipinski definition) is 2. The summed E-state index contributed by atoms with van der Waals surface area (Å²) in [5.41, 5.74) is 3.77. The molecule has 2 N–H and O–H groups in total. The van der Waals surface area contributed by atoms with Gasteiger partial charge in [-0.25, -0.2) is 8.78 Å². The van der Waals surface area contributed by atoms with Gasteiger partial charge in [0.15, 0.2) is 5.78 Å². The van der Waals surface area contributed by atoms with Crippen LogP contribution in [0.1, 0.15) is 65.3 Å². The Bertz CT molecular complexity index is 2570. The highest BCUT2D eigenvalue weighted by Crippen LogP contribution is 2.52. The van der Waals surface area contributed by atoms with Gasteiger partial charge in [-0.3, -0.25) is 29.3 Å². The topological polar surface area (TPSA) is 113 Å². The van der Waals surface area contributed by atoms with E-state index >= 15 is 0 Å². The molecule has 2 aliphatic heterocycles. The zero-order valence-corrected chi connectivity index (χ0v) is 34.1. The predicted octanol–water partition coefficient (Wildman–Crippen LogP) is 9.26. The van der Waals surface area contributed by atoms with Gasteiger partial charge in [0.1, 0.15) is 11.6 Å². The SMILES string of the molecule is O=C1NC(=O)/C(=C/c2ccc(C(=O)NC[C@@H]3CC(SC(c4ccccc4)(c4ccccc4)c4ccccc4)CN3C(=O)c3ccccc3C(=O)c3ccc(F)cc3F)cc2)S1. The van der Waals surface area contributed by atoms with Gasteiger partial charge in [0.2, 0.25) is 0 Å². The number of amides is 4. The maximum Gasteiger partial charge on any atom is 0.290 e. The molecule has 1 unspecified atom stereocenters. The van der Waals surface area contributed by atoms with Crippen molar-refractivity contribution >= 4 is 58.3 Å². The normalized spacial score (nSPS) is 17.0. The minimum atomic E-state index is -1.03. The second-order valence-electron chi connectivity index (χ2n) is 14.5. The van der Waals surface area contributed by atoms with E-state index in [9.17, 15) is 32.8 Å². The van der Waals surface area contributed by atoms with Gasteiger partial charge in [-0.15, -0.1) is 11.8 Å². The molecule has 61 heavy (non-hydrogen) atoms. The summed E-state index contributed by atoms with van der Waals surface area (Å²) in [7, 11) is 0. The van der Waals surface area contributed by atoms with Crippen molar-refractivity contribution in [1.82, 2.24) is 15.5 Å². The van der Waals surface area contributed by atoms with Gasteiger partial charge >= 0.3 is 0 Å². The molecule has 0 spiro atoms. The van der Waals surface area contributed by atoms with Crippen LogP contribution in [-0.2, 0) is 9.54 Å². The van der Waals surface area contributed by atoms with Crippen LogP contribution in [0.4, 0.5) is 13.6 Å². The molecule has 8 nitrogen and oxygen atoms in total. The van der Waals surface area contributed by atoms with Crippen molar-refractivity contribution < 1.29 is 32.8 Å². The highest BCUT2D eigenvalue weighted by Gasteiger charge is 2.45. The average Bonchev–Trinajstić information content (AvgIpc) is 3.85. The van der Waals surface area contributed by atoms with E-state index in [1.807, 2.05) is 54.6 Å². The van der Waals surface area contributed by atoms with E-state index in [0.29, 0.717) is 23.6 Å². The highest BCUT2D eigenvalue weighted by atomic mass is 32.2. The van der Waals surface area contributed by atoms with E-state index in [2.05, 4.69) is 47.0 Å². The van der Waals surface area contributed by atoms with Crippen LogP contribution in [0, 0.1) is 11.6 Å². The third kappa shape index (κ3) is 8.68. The zero-order valence-electron chi connectivity index (χ0n) is 32.4. The molecule has 4 amide bonds. The third-order valence-corrected chi connectivity index (χ3v) is 13.3. The van der Waals surface area contributed by atoms with E-state index < -0.39 is 45.3 Å². The van der Waals surface area contributed by atoms with E-state index in [4.69, 9.17) is 0 Å². The number of nitrogens with one attached hydrogen (secondary N) is 2. The predicted molar refractivity (Wildman–Crippen MR) is 234 cm³/mol. The fraction of sp³-hybridized carbons (Fsp3) is 0.122. The number of imide groups is 1. The van der Waals surface area contributed by atoms with Crippen molar-refractivity contribution in [3.63, 3.8) is 0 Å². The summed E-state index contributed by atoms with van der Waals surface area (Å²) < 4.78 is 28.1. The Morgan fingerprint density at radius 3 is 1.87 bits per heavy atom. The molecule has 6 aromatic carbocycles. The Hall–Kier alpha value is -6.63. The molecule has 0 aliphatic carbocycles. The minimum absolute atomic E-state index is 0.0305. The molecule has 304 valence electrons. The van der Waals surface area contributed by atoms with Crippen LogP contribution in [0.2, 0.25) is 0 Å². The van der Waals surface area contributed by atoms with E-state index in [1.54, 1.807) is 59.1 Å². The molecule has 0 bridgehead atoms. The van der Waals surface area contributed by atoms with Crippen LogP contribution in [0.5, 0.6) is 0 Å². The minimum Gasteiger partial charge on any atom is -0.350 e. The van der Waals surface area contributed by atoms with Crippen molar-refractivity contribution in [2.24, 2.45) is 0 Å². The molecule has 2 saturated heterocycles. The standard InChI is InChI=1S/C49H37F2N3O5S2/c50-36-24-25-41(42(51)27-36)44(55)39-18-10-11-19-40(39)47(58)54-30-38(28-37(54)29-52-45(56)32-22-20-31(21-23-32)26-43-46(57)53-48(59)60-43)61-49(33-12-4-1-5-13-33,34-14-6-2-7-15-34)35-16-8-3-9-17-35/h1-27,37-38H,28-30H2,(H,52,56)(H,53,57,59)/b43-26-/t37-,38?/m0/s1. The molecular weight excluding hydrogens is 813 g/mol. The van der Waals surface area contributed by atoms with Gasteiger partial charge in [0, 0.05) is 35.5 Å². The molecule has 2 atom stereocenters. The molecule has 2 aliphatic rings. The van der Waals surface area contributed by atoms with Crippen LogP contribution in [0.25, 0.3) is 6.08 Å². The summed E-state index contributed by atoms with van der Waals surface area (Å²) in [5, 5.41) is 4.60. The van der Waals surface area contributed by atoms with Crippen molar-refractivity contribution in [2.75, 3.05) is 13.1 Å². The molecule has 2 heterocycles. The monoisotopic (exact) mass is 849 g/mol. The smallest absolute Gasteiger partial charge is 0.290 e. The Morgan fingerprint density at radius 2 is 1.31 bits per heavy atom. The van der Waals surface area contributed by atoms with Gasteiger partial charge in [-0.05, 0) is 76.8 Å². The lowest BCUT2D eigenvalue weighted by molar-refractivity contribution is -0.115. The number of nitrogens with zero attached hydrogens (tertiary/aromatic N) is 1. The Kier molecular flexibility index (Phi) is 12.1. The van der Waals surface area contributed by atoms with E-state index in [-0.39, 0.29) is 45.8 Å². The molecule has 0 saturated carbocycles. The highest BCUT2D eigenvalue weighted by molar-refractivity contribution is 8.18. The van der Waals surface area contributed by atoms with Crippen molar-refractivity contribution in [3.8, 4) is 0 Å². The number of carbonyl (C=O) groups is 5. The summed E-state index contributed by atoms with van der Waals surface area (Å²) in [6.07, 6.45) is 2.04. The zero-order chi connectivity index (χ0) is 42.5. The first-order valence-corrected chi connectivity index (χ1v) is 21.2. The van der Waals surface area contributed by atoms with Crippen LogP contribution in [-0.4, -0.2) is 58.0 Å². The molecule has 0 radical (unpaired) electrons. The molecule has 12 heteroatoms. The number of carbonyl (C=O) groups excluding carboxylic acids is 5. The Labute approximate surface area is 359 Å². The van der Waals surface area contributed by atoms with E-state index in [0.717, 1.165) is 40.6 Å². The van der Waals surface area contributed by atoms with Crippen LogP contribution in [0.15, 0.2) is 163 Å². The third-order valence-electron chi connectivity index (χ3n) is 10.7. The Balaban J connectivity index is 1.13. The molecule has 8 rings (SSSR count). The van der Waals surface area contributed by atoms with Crippen molar-refractivity contribution in [3.05, 3.63) is 219 Å². The maximum atomic E-state index is 14.9. The number of likely N-dealkylation sites (tertiary alicyclic amines) is 1. The Morgan fingerprint density at radius 1 is 0.738 bits per heavy atom. The summed E-state index contributed by atoms with van der Waals surface area (Å²) in [6.45, 7) is 0.327. The molecular formula is C49H37F2N3O5S2. The quantitative estimate of drug-likeness (QED) is 0.0718. The number of ketones is 1. The first-order valence-electron chi connectivity index (χ1n) is 19.5. The maximum absolute atomic E-state index is 14.9.